The number of carbonyl (C=O) groups excluding carboxylic acids is 1. The fourth-order valence-electron chi connectivity index (χ4n) is 1.77. The third-order valence-electron chi connectivity index (χ3n) is 2.98. The van der Waals surface area contributed by atoms with Gasteiger partial charge in [0.25, 0.3) is 0 Å². The van der Waals surface area contributed by atoms with Crippen molar-refractivity contribution in [1.82, 2.24) is 4.72 Å². The van der Waals surface area contributed by atoms with Crippen molar-refractivity contribution in [2.75, 3.05) is 5.32 Å². The maximum absolute atomic E-state index is 13.5. The van der Waals surface area contributed by atoms with Gasteiger partial charge in [-0.05, 0) is 43.3 Å². The maximum atomic E-state index is 13.5. The van der Waals surface area contributed by atoms with Gasteiger partial charge in [0.2, 0.25) is 15.9 Å². The molecule has 1 amide bonds. The standard InChI is InChI=1S/C15H14BrFN2O3S/c1-10(15(20)18-14-5-3-2-4-13(14)17)19-23(21,22)12-8-6-11(16)7-9-12/h2-10,19H,1H3,(H,18,20). The van der Waals surface area contributed by atoms with Gasteiger partial charge in [0.05, 0.1) is 16.6 Å². The zero-order chi connectivity index (χ0) is 17.0. The van der Waals surface area contributed by atoms with Gasteiger partial charge < -0.3 is 5.32 Å². The molecule has 1 unspecified atom stereocenters. The number of amides is 1. The Morgan fingerprint density at radius 3 is 2.35 bits per heavy atom. The van der Waals surface area contributed by atoms with Crippen LogP contribution < -0.4 is 10.0 Å². The van der Waals surface area contributed by atoms with Gasteiger partial charge >= 0.3 is 0 Å². The van der Waals surface area contributed by atoms with Gasteiger partial charge in [0, 0.05) is 4.47 Å². The third-order valence-corrected chi connectivity index (χ3v) is 5.07. The second kappa shape index (κ2) is 7.20. The van der Waals surface area contributed by atoms with Gasteiger partial charge in [-0.15, -0.1) is 0 Å². The van der Waals surface area contributed by atoms with Crippen LogP contribution in [0.3, 0.4) is 0 Å². The van der Waals surface area contributed by atoms with Crippen molar-refractivity contribution >= 4 is 37.5 Å². The normalized spacial score (nSPS) is 12.7. The first-order chi connectivity index (χ1) is 10.8. The first kappa shape index (κ1) is 17.6. The van der Waals surface area contributed by atoms with Crippen LogP contribution in [0.15, 0.2) is 57.9 Å². The quantitative estimate of drug-likeness (QED) is 0.809. The summed E-state index contributed by atoms with van der Waals surface area (Å²) in [4.78, 5) is 12.0. The number of sulfonamides is 1. The summed E-state index contributed by atoms with van der Waals surface area (Å²) in [6.07, 6.45) is 0. The first-order valence-electron chi connectivity index (χ1n) is 6.63. The van der Waals surface area contributed by atoms with Crippen LogP contribution in [0.2, 0.25) is 0 Å². The summed E-state index contributed by atoms with van der Waals surface area (Å²) < 4.78 is 40.9. The molecule has 2 aromatic rings. The summed E-state index contributed by atoms with van der Waals surface area (Å²) in [5.74, 6) is -1.25. The lowest BCUT2D eigenvalue weighted by Crippen LogP contribution is -2.41. The van der Waals surface area contributed by atoms with Crippen LogP contribution in [0.25, 0.3) is 0 Å². The van der Waals surface area contributed by atoms with Gasteiger partial charge in [0.1, 0.15) is 5.82 Å². The van der Waals surface area contributed by atoms with Gasteiger partial charge in [-0.2, -0.15) is 4.72 Å². The SMILES string of the molecule is CC(NS(=O)(=O)c1ccc(Br)cc1)C(=O)Nc1ccccc1F. The molecule has 0 aliphatic heterocycles. The van der Waals surface area contributed by atoms with E-state index in [9.17, 15) is 17.6 Å². The number of hydrogen-bond donors (Lipinski definition) is 2. The molecule has 122 valence electrons. The van der Waals surface area contributed by atoms with Gasteiger partial charge in [0.15, 0.2) is 0 Å². The molecule has 0 aliphatic rings. The molecule has 0 saturated carbocycles. The average molecular weight is 401 g/mol. The Labute approximate surface area is 142 Å². The van der Waals surface area contributed by atoms with Crippen molar-refractivity contribution in [2.24, 2.45) is 0 Å². The van der Waals surface area contributed by atoms with E-state index >= 15 is 0 Å². The lowest BCUT2D eigenvalue weighted by Gasteiger charge is -2.15. The second-order valence-corrected chi connectivity index (χ2v) is 7.40. The lowest BCUT2D eigenvalue weighted by atomic mass is 10.2. The van der Waals surface area contributed by atoms with Crippen LogP contribution in [0, 0.1) is 5.82 Å². The highest BCUT2D eigenvalue weighted by molar-refractivity contribution is 9.10. The number of benzene rings is 2. The lowest BCUT2D eigenvalue weighted by molar-refractivity contribution is -0.117. The molecule has 0 aromatic heterocycles. The van der Waals surface area contributed by atoms with Crippen molar-refractivity contribution in [3.05, 3.63) is 58.8 Å². The molecule has 0 radical (unpaired) electrons. The second-order valence-electron chi connectivity index (χ2n) is 4.77. The van der Waals surface area contributed by atoms with Crippen molar-refractivity contribution < 1.29 is 17.6 Å². The Morgan fingerprint density at radius 1 is 1.13 bits per heavy atom. The van der Waals surface area contributed by atoms with Crippen LogP contribution in [-0.2, 0) is 14.8 Å². The van der Waals surface area contributed by atoms with E-state index in [1.807, 2.05) is 0 Å². The fourth-order valence-corrected chi connectivity index (χ4v) is 3.24. The van der Waals surface area contributed by atoms with Gasteiger partial charge in [-0.1, -0.05) is 28.1 Å². The van der Waals surface area contributed by atoms with E-state index in [2.05, 4.69) is 26.0 Å². The highest BCUT2D eigenvalue weighted by Crippen LogP contribution is 2.16. The number of rotatable bonds is 5. The molecule has 0 saturated heterocycles. The highest BCUT2D eigenvalue weighted by atomic mass is 79.9. The predicted octanol–water partition coefficient (Wildman–Crippen LogP) is 2.89. The fraction of sp³-hybridized carbons (Fsp3) is 0.133. The molecule has 0 bridgehead atoms. The summed E-state index contributed by atoms with van der Waals surface area (Å²) in [5, 5.41) is 2.34. The largest absolute Gasteiger partial charge is 0.322 e. The number of anilines is 1. The maximum Gasteiger partial charge on any atom is 0.242 e. The minimum atomic E-state index is -3.85. The Kier molecular flexibility index (Phi) is 5.51. The molecule has 2 rings (SSSR count). The minimum absolute atomic E-state index is 0.00723. The number of carbonyl (C=O) groups is 1. The Morgan fingerprint density at radius 2 is 1.74 bits per heavy atom. The van der Waals surface area contributed by atoms with Crippen LogP contribution in [0.1, 0.15) is 6.92 Å². The summed E-state index contributed by atoms with van der Waals surface area (Å²) in [7, 11) is -3.85. The van der Waals surface area contributed by atoms with Crippen LogP contribution >= 0.6 is 15.9 Å². The number of halogens is 2. The highest BCUT2D eigenvalue weighted by Gasteiger charge is 2.22. The minimum Gasteiger partial charge on any atom is -0.322 e. The summed E-state index contributed by atoms with van der Waals surface area (Å²) in [6.45, 7) is 1.38. The first-order valence-corrected chi connectivity index (χ1v) is 8.90. The molecule has 2 N–H and O–H groups in total. The van der Waals surface area contributed by atoms with E-state index in [1.165, 1.54) is 37.3 Å². The Balaban J connectivity index is 2.08. The molecule has 1 atom stereocenters. The van der Waals surface area contributed by atoms with Gasteiger partial charge in [-0.3, -0.25) is 4.79 Å². The zero-order valence-electron chi connectivity index (χ0n) is 12.1. The Bertz CT molecular complexity index is 810. The van der Waals surface area contributed by atoms with E-state index < -0.39 is 27.8 Å². The smallest absolute Gasteiger partial charge is 0.242 e. The molecule has 5 nitrogen and oxygen atoms in total. The van der Waals surface area contributed by atoms with Gasteiger partial charge in [-0.25, -0.2) is 12.8 Å². The molecule has 0 aliphatic carbocycles. The van der Waals surface area contributed by atoms with E-state index in [-0.39, 0.29) is 10.6 Å². The average Bonchev–Trinajstić information content (AvgIpc) is 2.49. The van der Waals surface area contributed by atoms with Crippen molar-refractivity contribution in [1.29, 1.82) is 0 Å². The monoisotopic (exact) mass is 400 g/mol. The van der Waals surface area contributed by atoms with Crippen molar-refractivity contribution in [3.63, 3.8) is 0 Å². The predicted molar refractivity (Wildman–Crippen MR) is 89.0 cm³/mol. The molecule has 0 spiro atoms. The molecule has 0 heterocycles. The van der Waals surface area contributed by atoms with Crippen LogP contribution in [0.5, 0.6) is 0 Å². The Hall–Kier alpha value is -1.77. The van der Waals surface area contributed by atoms with Crippen LogP contribution in [-0.4, -0.2) is 20.4 Å². The van der Waals surface area contributed by atoms with Crippen LogP contribution in [0.4, 0.5) is 10.1 Å². The third kappa shape index (κ3) is 4.60. The molecular weight excluding hydrogens is 387 g/mol. The van der Waals surface area contributed by atoms with Crippen molar-refractivity contribution in [2.45, 2.75) is 17.9 Å². The summed E-state index contributed by atoms with van der Waals surface area (Å²) >= 11 is 3.22. The molecule has 2 aromatic carbocycles. The summed E-state index contributed by atoms with van der Waals surface area (Å²) in [5.41, 5.74) is -0.00723. The zero-order valence-corrected chi connectivity index (χ0v) is 14.5. The number of hydrogen-bond acceptors (Lipinski definition) is 3. The number of para-hydroxylation sites is 1. The summed E-state index contributed by atoms with van der Waals surface area (Å²) in [6, 6.07) is 10.6. The topological polar surface area (TPSA) is 75.3 Å². The molecule has 8 heteroatoms. The van der Waals surface area contributed by atoms with E-state index in [4.69, 9.17) is 0 Å². The molecule has 0 fully saturated rings. The van der Waals surface area contributed by atoms with E-state index in [1.54, 1.807) is 18.2 Å². The van der Waals surface area contributed by atoms with E-state index in [0.29, 0.717) is 0 Å². The number of nitrogens with one attached hydrogen (secondary N) is 2. The van der Waals surface area contributed by atoms with E-state index in [0.717, 1.165) is 4.47 Å². The van der Waals surface area contributed by atoms with Crippen molar-refractivity contribution in [3.8, 4) is 0 Å². The molecule has 23 heavy (non-hydrogen) atoms. The molecular formula is C15H14BrFN2O3S.